The molecule has 0 amide bonds. The summed E-state index contributed by atoms with van der Waals surface area (Å²) in [7, 11) is 0. The van der Waals surface area contributed by atoms with Crippen molar-refractivity contribution in [1.29, 1.82) is 0 Å². The normalized spacial score (nSPS) is 46.4. The van der Waals surface area contributed by atoms with E-state index in [4.69, 9.17) is 14.2 Å². The molecule has 1 aromatic rings. The average molecular weight is 248 g/mol. The molecule has 5 rings (SSSR count). The maximum atomic E-state index is 10.1. The Hall–Kier alpha value is -1.30. The second kappa shape index (κ2) is 2.82. The summed E-state index contributed by atoms with van der Waals surface area (Å²) in [5.41, 5.74) is 1.39. The lowest BCUT2D eigenvalue weighted by Gasteiger charge is -2.26. The molecule has 94 valence electrons. The molecule has 1 aliphatic carbocycles. The Balaban J connectivity index is 1.51. The van der Waals surface area contributed by atoms with Crippen molar-refractivity contribution in [3.8, 4) is 11.5 Å². The van der Waals surface area contributed by atoms with E-state index in [9.17, 15) is 10.2 Å². The van der Waals surface area contributed by atoms with Gasteiger partial charge in [-0.25, -0.2) is 0 Å². The molecule has 5 heteroatoms. The Labute approximate surface area is 103 Å². The zero-order valence-electron chi connectivity index (χ0n) is 9.45. The molecule has 1 saturated carbocycles. The van der Waals surface area contributed by atoms with Gasteiger partial charge in [0.15, 0.2) is 6.29 Å². The minimum atomic E-state index is -0.235. The van der Waals surface area contributed by atoms with Gasteiger partial charge in [0.2, 0.25) is 0 Å². The van der Waals surface area contributed by atoms with Gasteiger partial charge < -0.3 is 24.4 Å². The molecule has 4 aliphatic rings. The lowest BCUT2D eigenvalue weighted by Crippen LogP contribution is -2.25. The van der Waals surface area contributed by atoms with Crippen molar-refractivity contribution in [3.63, 3.8) is 0 Å². The summed E-state index contributed by atoms with van der Waals surface area (Å²) in [6, 6.07) is 3.25. The lowest BCUT2D eigenvalue weighted by atomic mass is 9.79. The number of aromatic hydroxyl groups is 2. The van der Waals surface area contributed by atoms with E-state index in [-0.39, 0.29) is 42.0 Å². The predicted molar refractivity (Wildman–Crippen MR) is 58.3 cm³/mol. The third kappa shape index (κ3) is 1.07. The van der Waals surface area contributed by atoms with E-state index in [1.165, 1.54) is 0 Å². The predicted octanol–water partition coefficient (Wildman–Crippen LogP) is 1.15. The summed E-state index contributed by atoms with van der Waals surface area (Å²) in [6.45, 7) is 0. The first kappa shape index (κ1) is 9.61. The van der Waals surface area contributed by atoms with Crippen molar-refractivity contribution in [1.82, 2.24) is 0 Å². The Morgan fingerprint density at radius 2 is 1.72 bits per heavy atom. The lowest BCUT2D eigenvalue weighted by molar-refractivity contribution is -0.0453. The molecule has 6 unspecified atom stereocenters. The van der Waals surface area contributed by atoms with Gasteiger partial charge in [0.1, 0.15) is 23.7 Å². The van der Waals surface area contributed by atoms with Crippen molar-refractivity contribution in [3.05, 3.63) is 23.3 Å². The molecular weight excluding hydrogens is 236 g/mol. The van der Waals surface area contributed by atoms with Gasteiger partial charge in [0.05, 0.1) is 12.2 Å². The first-order chi connectivity index (χ1) is 8.72. The molecule has 3 saturated heterocycles. The number of phenols is 2. The number of phenolic OH excluding ortho intramolecular Hbond substituents is 2. The molecule has 6 atom stereocenters. The number of benzene rings is 1. The number of fused-ring (bicyclic) bond motifs is 2. The second-order valence-corrected chi connectivity index (χ2v) is 5.48. The fraction of sp³-hybridized carbons (Fsp3) is 0.538. The third-order valence-corrected chi connectivity index (χ3v) is 4.45. The zero-order valence-corrected chi connectivity index (χ0v) is 9.45. The minimum absolute atomic E-state index is 0.0565. The molecule has 0 radical (unpaired) electrons. The molecule has 3 heterocycles. The van der Waals surface area contributed by atoms with Crippen LogP contribution in [0.15, 0.2) is 12.1 Å². The molecule has 1 aromatic carbocycles. The van der Waals surface area contributed by atoms with E-state index in [0.29, 0.717) is 11.7 Å². The third-order valence-electron chi connectivity index (χ3n) is 4.45. The Morgan fingerprint density at radius 3 is 2.28 bits per heavy atom. The van der Waals surface area contributed by atoms with E-state index in [0.717, 1.165) is 12.0 Å². The van der Waals surface area contributed by atoms with Gasteiger partial charge in [-0.05, 0) is 18.6 Å². The monoisotopic (exact) mass is 248 g/mol. The average Bonchev–Trinajstić information content (AvgIpc) is 3.13. The standard InChI is InChI=1S/C13H12O5/c14-7-2-6(11-12-13(17-11)18-12)8(15)1-4(7)5-3-9-10(5)16-9/h1-2,5,9-15H,3H2. The van der Waals surface area contributed by atoms with Crippen LogP contribution in [0, 0.1) is 0 Å². The van der Waals surface area contributed by atoms with Crippen molar-refractivity contribution in [2.75, 3.05) is 0 Å². The maximum absolute atomic E-state index is 10.1. The van der Waals surface area contributed by atoms with Gasteiger partial charge in [-0.2, -0.15) is 0 Å². The number of ether oxygens (including phenoxy) is 3. The van der Waals surface area contributed by atoms with Crippen LogP contribution in [-0.2, 0) is 14.2 Å². The quantitative estimate of drug-likeness (QED) is 0.606. The van der Waals surface area contributed by atoms with Gasteiger partial charge >= 0.3 is 0 Å². The maximum Gasteiger partial charge on any atom is 0.188 e. The van der Waals surface area contributed by atoms with Gasteiger partial charge in [-0.3, -0.25) is 0 Å². The molecule has 5 nitrogen and oxygen atoms in total. The van der Waals surface area contributed by atoms with E-state index in [1.54, 1.807) is 12.1 Å². The highest BCUT2D eigenvalue weighted by Crippen LogP contribution is 2.57. The van der Waals surface area contributed by atoms with Crippen molar-refractivity contribution >= 4 is 0 Å². The fourth-order valence-electron chi connectivity index (χ4n) is 3.14. The Kier molecular flexibility index (Phi) is 1.50. The minimum Gasteiger partial charge on any atom is -0.508 e. The van der Waals surface area contributed by atoms with Crippen LogP contribution < -0.4 is 0 Å². The van der Waals surface area contributed by atoms with Crippen LogP contribution in [0.1, 0.15) is 29.6 Å². The highest BCUT2D eigenvalue weighted by Gasteiger charge is 2.60. The van der Waals surface area contributed by atoms with Crippen LogP contribution in [0.5, 0.6) is 11.5 Å². The van der Waals surface area contributed by atoms with Crippen LogP contribution in [0.3, 0.4) is 0 Å². The number of rotatable bonds is 2. The van der Waals surface area contributed by atoms with Gasteiger partial charge in [-0.15, -0.1) is 0 Å². The molecule has 3 aliphatic heterocycles. The van der Waals surface area contributed by atoms with Crippen molar-refractivity contribution in [2.45, 2.75) is 43.0 Å². The van der Waals surface area contributed by atoms with Crippen LogP contribution in [-0.4, -0.2) is 34.8 Å². The zero-order chi connectivity index (χ0) is 12.0. The molecule has 4 fully saturated rings. The smallest absolute Gasteiger partial charge is 0.188 e. The van der Waals surface area contributed by atoms with Crippen LogP contribution in [0.25, 0.3) is 0 Å². The van der Waals surface area contributed by atoms with Crippen LogP contribution >= 0.6 is 0 Å². The summed E-state index contributed by atoms with van der Waals surface area (Å²) in [4.78, 5) is 0. The van der Waals surface area contributed by atoms with Crippen LogP contribution in [0.2, 0.25) is 0 Å². The highest BCUT2D eigenvalue weighted by atomic mass is 16.8. The molecule has 0 bridgehead atoms. The molecule has 18 heavy (non-hydrogen) atoms. The van der Waals surface area contributed by atoms with Crippen LogP contribution in [0.4, 0.5) is 0 Å². The number of hydrogen-bond donors (Lipinski definition) is 2. The summed E-state index contributed by atoms with van der Waals surface area (Å²) in [5, 5.41) is 20.2. The summed E-state index contributed by atoms with van der Waals surface area (Å²) in [6.07, 6.45) is 1.29. The number of epoxide rings is 2. The Bertz CT molecular complexity index is 507. The number of hydrogen-bond acceptors (Lipinski definition) is 5. The molecule has 0 spiro atoms. The highest BCUT2D eigenvalue weighted by molar-refractivity contribution is 5.50. The first-order valence-electron chi connectivity index (χ1n) is 6.24. The first-order valence-corrected chi connectivity index (χ1v) is 6.24. The van der Waals surface area contributed by atoms with Gasteiger partial charge in [0.25, 0.3) is 0 Å². The van der Waals surface area contributed by atoms with Crippen molar-refractivity contribution in [2.24, 2.45) is 0 Å². The Morgan fingerprint density at radius 1 is 0.944 bits per heavy atom. The van der Waals surface area contributed by atoms with E-state index in [1.807, 2.05) is 0 Å². The summed E-state index contributed by atoms with van der Waals surface area (Å²) in [5.74, 6) is 0.613. The van der Waals surface area contributed by atoms with E-state index < -0.39 is 0 Å². The fourth-order valence-corrected chi connectivity index (χ4v) is 3.14. The summed E-state index contributed by atoms with van der Waals surface area (Å²) < 4.78 is 16.0. The van der Waals surface area contributed by atoms with Gasteiger partial charge in [0, 0.05) is 17.0 Å². The van der Waals surface area contributed by atoms with E-state index in [2.05, 4.69) is 0 Å². The summed E-state index contributed by atoms with van der Waals surface area (Å²) >= 11 is 0. The van der Waals surface area contributed by atoms with E-state index >= 15 is 0 Å². The van der Waals surface area contributed by atoms with Crippen molar-refractivity contribution < 1.29 is 24.4 Å². The molecule has 0 aromatic heterocycles. The van der Waals surface area contributed by atoms with Gasteiger partial charge in [-0.1, -0.05) is 0 Å². The largest absolute Gasteiger partial charge is 0.508 e. The topological polar surface area (TPSA) is 74.8 Å². The molecule has 2 N–H and O–H groups in total. The second-order valence-electron chi connectivity index (χ2n) is 5.48. The SMILES string of the molecule is Oc1cc(C2OC3OC32)c(O)cc1C1CC2OC21. The molecular formula is C13H12O5.